The highest BCUT2D eigenvalue weighted by Crippen LogP contribution is 2.27. The van der Waals surface area contributed by atoms with Gasteiger partial charge in [-0.1, -0.05) is 19.8 Å². The van der Waals surface area contributed by atoms with E-state index in [0.717, 1.165) is 23.8 Å². The van der Waals surface area contributed by atoms with Gasteiger partial charge in [-0.15, -0.1) is 0 Å². The van der Waals surface area contributed by atoms with E-state index in [9.17, 15) is 0 Å². The standard InChI is InChI=1S/C16H32N2/c1-13(2)18-9-8-16(12-18)11-17-10-15-6-4-14(3)5-7-15/h13-17H,4-12H2,1-3H3. The molecular formula is C16H32N2. The Kier molecular flexibility index (Phi) is 5.50. The maximum atomic E-state index is 3.74. The van der Waals surface area contributed by atoms with Gasteiger partial charge in [-0.2, -0.15) is 0 Å². The summed E-state index contributed by atoms with van der Waals surface area (Å²) in [6.45, 7) is 12.2. The lowest BCUT2D eigenvalue weighted by Gasteiger charge is -2.27. The molecular weight excluding hydrogens is 220 g/mol. The van der Waals surface area contributed by atoms with E-state index in [1.807, 2.05) is 0 Å². The summed E-state index contributed by atoms with van der Waals surface area (Å²) < 4.78 is 0. The second-order valence-electron chi connectivity index (χ2n) is 7.03. The second kappa shape index (κ2) is 6.91. The fourth-order valence-electron chi connectivity index (χ4n) is 3.52. The van der Waals surface area contributed by atoms with Gasteiger partial charge in [-0.25, -0.2) is 0 Å². The highest BCUT2D eigenvalue weighted by atomic mass is 15.2. The summed E-state index contributed by atoms with van der Waals surface area (Å²) in [7, 11) is 0. The Morgan fingerprint density at radius 3 is 2.28 bits per heavy atom. The maximum Gasteiger partial charge on any atom is 0.00387 e. The minimum Gasteiger partial charge on any atom is -0.316 e. The lowest BCUT2D eigenvalue weighted by Crippen LogP contribution is -2.33. The molecule has 1 unspecified atom stereocenters. The van der Waals surface area contributed by atoms with E-state index in [-0.39, 0.29) is 0 Å². The average molecular weight is 252 g/mol. The number of hydrogen-bond donors (Lipinski definition) is 1. The van der Waals surface area contributed by atoms with Crippen molar-refractivity contribution in [1.29, 1.82) is 0 Å². The monoisotopic (exact) mass is 252 g/mol. The van der Waals surface area contributed by atoms with Crippen LogP contribution >= 0.6 is 0 Å². The SMILES string of the molecule is CC1CCC(CNCC2CCN(C(C)C)C2)CC1. The highest BCUT2D eigenvalue weighted by molar-refractivity contribution is 4.80. The van der Waals surface area contributed by atoms with Crippen molar-refractivity contribution in [2.45, 2.75) is 58.9 Å². The molecule has 0 aromatic heterocycles. The zero-order chi connectivity index (χ0) is 13.0. The van der Waals surface area contributed by atoms with Crippen LogP contribution in [0, 0.1) is 17.8 Å². The van der Waals surface area contributed by atoms with Gasteiger partial charge in [0, 0.05) is 12.6 Å². The molecule has 0 aromatic carbocycles. The van der Waals surface area contributed by atoms with Crippen LogP contribution in [0.5, 0.6) is 0 Å². The minimum atomic E-state index is 0.731. The molecule has 1 N–H and O–H groups in total. The second-order valence-corrected chi connectivity index (χ2v) is 7.03. The van der Waals surface area contributed by atoms with E-state index in [1.165, 1.54) is 58.3 Å². The van der Waals surface area contributed by atoms with Gasteiger partial charge >= 0.3 is 0 Å². The van der Waals surface area contributed by atoms with Crippen molar-refractivity contribution in [2.75, 3.05) is 26.2 Å². The van der Waals surface area contributed by atoms with Gasteiger partial charge in [0.25, 0.3) is 0 Å². The zero-order valence-corrected chi connectivity index (χ0v) is 12.6. The topological polar surface area (TPSA) is 15.3 Å². The fourth-order valence-corrected chi connectivity index (χ4v) is 3.52. The molecule has 2 rings (SSSR count). The van der Waals surface area contributed by atoms with E-state index in [1.54, 1.807) is 0 Å². The molecule has 0 amide bonds. The fraction of sp³-hybridized carbons (Fsp3) is 1.00. The van der Waals surface area contributed by atoms with Crippen LogP contribution in [0.1, 0.15) is 52.9 Å². The summed E-state index contributed by atoms with van der Waals surface area (Å²) in [5, 5.41) is 3.74. The van der Waals surface area contributed by atoms with E-state index < -0.39 is 0 Å². The molecule has 2 fully saturated rings. The van der Waals surface area contributed by atoms with Crippen LogP contribution in [-0.2, 0) is 0 Å². The summed E-state index contributed by atoms with van der Waals surface area (Å²) >= 11 is 0. The summed E-state index contributed by atoms with van der Waals surface area (Å²) in [6, 6.07) is 0.731. The molecule has 0 aromatic rings. The van der Waals surface area contributed by atoms with Crippen LogP contribution in [0.4, 0.5) is 0 Å². The third-order valence-corrected chi connectivity index (χ3v) is 5.05. The van der Waals surface area contributed by atoms with Crippen LogP contribution in [-0.4, -0.2) is 37.1 Å². The smallest absolute Gasteiger partial charge is 0.00387 e. The molecule has 1 heterocycles. The molecule has 2 heteroatoms. The van der Waals surface area contributed by atoms with E-state index in [4.69, 9.17) is 0 Å². The molecule has 1 saturated carbocycles. The van der Waals surface area contributed by atoms with Gasteiger partial charge in [0.1, 0.15) is 0 Å². The Bertz CT molecular complexity index is 231. The van der Waals surface area contributed by atoms with Gasteiger partial charge in [0.2, 0.25) is 0 Å². The van der Waals surface area contributed by atoms with E-state index >= 15 is 0 Å². The third-order valence-electron chi connectivity index (χ3n) is 5.05. The Labute approximate surface area is 114 Å². The zero-order valence-electron chi connectivity index (χ0n) is 12.6. The molecule has 1 atom stereocenters. The first kappa shape index (κ1) is 14.3. The Morgan fingerprint density at radius 1 is 1.00 bits per heavy atom. The van der Waals surface area contributed by atoms with Crippen molar-refractivity contribution in [2.24, 2.45) is 17.8 Å². The summed E-state index contributed by atoms with van der Waals surface area (Å²) in [4.78, 5) is 2.62. The Balaban J connectivity index is 1.56. The minimum absolute atomic E-state index is 0.731. The normalized spacial score (nSPS) is 34.3. The van der Waals surface area contributed by atoms with E-state index in [2.05, 4.69) is 31.0 Å². The lowest BCUT2D eigenvalue weighted by atomic mass is 9.83. The van der Waals surface area contributed by atoms with Crippen molar-refractivity contribution in [3.05, 3.63) is 0 Å². The number of hydrogen-bond acceptors (Lipinski definition) is 2. The van der Waals surface area contributed by atoms with Crippen molar-refractivity contribution in [3.8, 4) is 0 Å². The summed E-state index contributed by atoms with van der Waals surface area (Å²) in [5.74, 6) is 2.84. The van der Waals surface area contributed by atoms with Crippen molar-refractivity contribution < 1.29 is 0 Å². The predicted octanol–water partition coefficient (Wildman–Crippen LogP) is 3.13. The number of nitrogens with one attached hydrogen (secondary N) is 1. The molecule has 2 aliphatic rings. The van der Waals surface area contributed by atoms with Crippen LogP contribution in [0.3, 0.4) is 0 Å². The summed E-state index contributed by atoms with van der Waals surface area (Å²) in [5.41, 5.74) is 0. The number of rotatable bonds is 5. The molecule has 1 saturated heterocycles. The molecule has 0 bridgehead atoms. The van der Waals surface area contributed by atoms with Gasteiger partial charge in [-0.05, 0) is 70.5 Å². The molecule has 1 aliphatic heterocycles. The first-order valence-electron chi connectivity index (χ1n) is 8.10. The number of likely N-dealkylation sites (tertiary alicyclic amines) is 1. The van der Waals surface area contributed by atoms with Crippen LogP contribution < -0.4 is 5.32 Å². The Morgan fingerprint density at radius 2 is 1.67 bits per heavy atom. The average Bonchev–Trinajstić information content (AvgIpc) is 2.81. The molecule has 106 valence electrons. The van der Waals surface area contributed by atoms with Crippen LogP contribution in [0.2, 0.25) is 0 Å². The molecule has 18 heavy (non-hydrogen) atoms. The van der Waals surface area contributed by atoms with Crippen molar-refractivity contribution in [3.63, 3.8) is 0 Å². The van der Waals surface area contributed by atoms with Crippen LogP contribution in [0.25, 0.3) is 0 Å². The quantitative estimate of drug-likeness (QED) is 0.809. The van der Waals surface area contributed by atoms with Gasteiger partial charge in [-0.3, -0.25) is 0 Å². The summed E-state index contributed by atoms with van der Waals surface area (Å²) in [6.07, 6.45) is 7.22. The first-order chi connectivity index (χ1) is 8.65. The lowest BCUT2D eigenvalue weighted by molar-refractivity contribution is 0.257. The molecule has 2 nitrogen and oxygen atoms in total. The van der Waals surface area contributed by atoms with Crippen molar-refractivity contribution in [1.82, 2.24) is 10.2 Å². The predicted molar refractivity (Wildman–Crippen MR) is 78.8 cm³/mol. The molecule has 0 radical (unpaired) electrons. The number of nitrogens with zero attached hydrogens (tertiary/aromatic N) is 1. The van der Waals surface area contributed by atoms with E-state index in [0.29, 0.717) is 0 Å². The molecule has 1 aliphatic carbocycles. The highest BCUT2D eigenvalue weighted by Gasteiger charge is 2.24. The Hall–Kier alpha value is -0.0800. The maximum absolute atomic E-state index is 3.74. The van der Waals surface area contributed by atoms with Gasteiger partial charge in [0.05, 0.1) is 0 Å². The molecule has 0 spiro atoms. The van der Waals surface area contributed by atoms with Crippen LogP contribution in [0.15, 0.2) is 0 Å². The largest absolute Gasteiger partial charge is 0.316 e. The van der Waals surface area contributed by atoms with Crippen molar-refractivity contribution >= 4 is 0 Å². The first-order valence-corrected chi connectivity index (χ1v) is 8.10. The van der Waals surface area contributed by atoms with Gasteiger partial charge < -0.3 is 10.2 Å². The van der Waals surface area contributed by atoms with Gasteiger partial charge in [0.15, 0.2) is 0 Å². The third kappa shape index (κ3) is 4.24.